The number of aryl methyl sites for hydroxylation is 3. The van der Waals surface area contributed by atoms with Gasteiger partial charge in [0.15, 0.2) is 5.13 Å². The Balaban J connectivity index is 2.31. The minimum Gasteiger partial charge on any atom is -0.388 e. The zero-order valence-electron chi connectivity index (χ0n) is 10.3. The second-order valence-electron chi connectivity index (χ2n) is 3.87. The molecule has 0 aliphatic rings. The summed E-state index contributed by atoms with van der Waals surface area (Å²) < 4.78 is 0. The van der Waals surface area contributed by atoms with E-state index in [1.165, 1.54) is 4.88 Å². The molecule has 2 aromatic heterocycles. The van der Waals surface area contributed by atoms with Crippen LogP contribution in [0.25, 0.3) is 0 Å². The highest BCUT2D eigenvalue weighted by Crippen LogP contribution is 2.23. The van der Waals surface area contributed by atoms with Crippen LogP contribution in [-0.4, -0.2) is 19.9 Å². The van der Waals surface area contributed by atoms with Gasteiger partial charge in [-0.05, 0) is 26.8 Å². The lowest BCUT2D eigenvalue weighted by Gasteiger charge is -2.04. The molecule has 3 N–H and O–H groups in total. The Bertz CT molecular complexity index is 586. The molecule has 2 aromatic rings. The zero-order chi connectivity index (χ0) is 13.3. The van der Waals surface area contributed by atoms with Crippen molar-refractivity contribution in [3.8, 4) is 0 Å². The van der Waals surface area contributed by atoms with Crippen molar-refractivity contribution in [2.45, 2.75) is 20.8 Å². The molecule has 7 heteroatoms. The van der Waals surface area contributed by atoms with Gasteiger partial charge in [-0.25, -0.2) is 15.0 Å². The van der Waals surface area contributed by atoms with Gasteiger partial charge in [0, 0.05) is 10.6 Å². The van der Waals surface area contributed by atoms with Gasteiger partial charge in [0.25, 0.3) is 0 Å². The summed E-state index contributed by atoms with van der Waals surface area (Å²) >= 11 is 6.48. The Morgan fingerprint density at radius 3 is 2.56 bits per heavy atom. The fourth-order valence-corrected chi connectivity index (χ4v) is 2.29. The number of hydrogen-bond donors (Lipinski definition) is 2. The number of thiocarbonyl (C=S) groups is 1. The minimum atomic E-state index is 0.259. The molecule has 0 saturated heterocycles. The van der Waals surface area contributed by atoms with Crippen LogP contribution in [0.1, 0.15) is 22.0 Å². The Hall–Kier alpha value is -1.60. The SMILES string of the molecule is Cc1cc(C(N)=S)nc(Nc2nc(C)c(C)s2)n1. The standard InChI is InChI=1S/C11H13N5S2/c1-5-4-8(9(12)17)15-10(13-5)16-11-14-6(2)7(3)18-11/h4H,1-3H3,(H2,12,17)(H,13,14,15,16). The first-order chi connectivity index (χ1) is 8.45. The van der Waals surface area contributed by atoms with Gasteiger partial charge < -0.3 is 11.1 Å². The molecule has 5 nitrogen and oxygen atoms in total. The van der Waals surface area contributed by atoms with Crippen LogP contribution in [0.4, 0.5) is 11.1 Å². The third-order valence-electron chi connectivity index (χ3n) is 2.35. The van der Waals surface area contributed by atoms with Crippen LogP contribution in [0, 0.1) is 20.8 Å². The van der Waals surface area contributed by atoms with Crippen LogP contribution in [0.15, 0.2) is 6.07 Å². The highest BCUT2D eigenvalue weighted by atomic mass is 32.1. The van der Waals surface area contributed by atoms with E-state index in [-0.39, 0.29) is 4.99 Å². The van der Waals surface area contributed by atoms with Gasteiger partial charge in [0.05, 0.1) is 5.69 Å². The minimum absolute atomic E-state index is 0.259. The number of anilines is 2. The van der Waals surface area contributed by atoms with Crippen LogP contribution >= 0.6 is 23.6 Å². The summed E-state index contributed by atoms with van der Waals surface area (Å²) in [4.78, 5) is 14.3. The Morgan fingerprint density at radius 2 is 2.00 bits per heavy atom. The molecule has 0 aliphatic heterocycles. The third kappa shape index (κ3) is 2.80. The van der Waals surface area contributed by atoms with Crippen molar-refractivity contribution in [3.05, 3.63) is 28.0 Å². The lowest BCUT2D eigenvalue weighted by Crippen LogP contribution is -2.13. The van der Waals surface area contributed by atoms with E-state index in [4.69, 9.17) is 18.0 Å². The first-order valence-corrected chi connectivity index (χ1v) is 6.54. The van der Waals surface area contributed by atoms with Crippen molar-refractivity contribution in [1.82, 2.24) is 15.0 Å². The molecule has 2 heterocycles. The van der Waals surface area contributed by atoms with Gasteiger partial charge in [-0.1, -0.05) is 12.2 Å². The summed E-state index contributed by atoms with van der Waals surface area (Å²) in [6, 6.07) is 1.76. The van der Waals surface area contributed by atoms with Gasteiger partial charge in [-0.2, -0.15) is 0 Å². The molecule has 0 unspecified atom stereocenters. The van der Waals surface area contributed by atoms with E-state index in [9.17, 15) is 0 Å². The summed E-state index contributed by atoms with van der Waals surface area (Å²) in [5, 5.41) is 3.84. The van der Waals surface area contributed by atoms with Crippen LogP contribution in [0.5, 0.6) is 0 Å². The van der Waals surface area contributed by atoms with E-state index in [1.807, 2.05) is 20.8 Å². The maximum Gasteiger partial charge on any atom is 0.229 e. The summed E-state index contributed by atoms with van der Waals surface area (Å²) in [5.74, 6) is 0.464. The number of nitrogens with two attached hydrogens (primary N) is 1. The monoisotopic (exact) mass is 279 g/mol. The van der Waals surface area contributed by atoms with Crippen molar-refractivity contribution in [1.29, 1.82) is 0 Å². The molecule has 0 radical (unpaired) electrons. The molecular formula is C11H13N5S2. The fraction of sp³-hybridized carbons (Fsp3) is 0.273. The summed E-state index contributed by atoms with van der Waals surface area (Å²) in [7, 11) is 0. The van der Waals surface area contributed by atoms with Crippen molar-refractivity contribution in [2.75, 3.05) is 5.32 Å². The lowest BCUT2D eigenvalue weighted by molar-refractivity contribution is 1.09. The van der Waals surface area contributed by atoms with Gasteiger partial charge in [0.1, 0.15) is 10.7 Å². The smallest absolute Gasteiger partial charge is 0.229 e. The number of hydrogen-bond acceptors (Lipinski definition) is 6. The fourth-order valence-electron chi connectivity index (χ4n) is 1.37. The molecule has 0 saturated carbocycles. The summed E-state index contributed by atoms with van der Waals surface area (Å²) in [6.45, 7) is 5.86. The Kier molecular flexibility index (Phi) is 3.53. The third-order valence-corrected chi connectivity index (χ3v) is 3.55. The van der Waals surface area contributed by atoms with Gasteiger partial charge in [-0.15, -0.1) is 11.3 Å². The molecule has 18 heavy (non-hydrogen) atoms. The molecular weight excluding hydrogens is 266 g/mol. The average molecular weight is 279 g/mol. The van der Waals surface area contributed by atoms with Crippen molar-refractivity contribution in [2.24, 2.45) is 5.73 Å². The van der Waals surface area contributed by atoms with Gasteiger partial charge >= 0.3 is 0 Å². The molecule has 0 atom stereocenters. The van der Waals surface area contributed by atoms with Gasteiger partial charge in [-0.3, -0.25) is 0 Å². The molecule has 0 spiro atoms. The number of rotatable bonds is 3. The van der Waals surface area contributed by atoms with E-state index in [0.29, 0.717) is 11.6 Å². The van der Waals surface area contributed by atoms with E-state index in [0.717, 1.165) is 16.5 Å². The Labute approximate surface area is 114 Å². The highest BCUT2D eigenvalue weighted by molar-refractivity contribution is 7.80. The van der Waals surface area contributed by atoms with Crippen molar-refractivity contribution < 1.29 is 0 Å². The second-order valence-corrected chi connectivity index (χ2v) is 5.51. The molecule has 94 valence electrons. The number of nitrogens with zero attached hydrogens (tertiary/aromatic N) is 3. The lowest BCUT2D eigenvalue weighted by atomic mass is 10.3. The van der Waals surface area contributed by atoms with Crippen LogP contribution in [0.3, 0.4) is 0 Å². The van der Waals surface area contributed by atoms with Crippen LogP contribution < -0.4 is 11.1 Å². The molecule has 2 rings (SSSR count). The summed E-state index contributed by atoms with van der Waals surface area (Å²) in [6.07, 6.45) is 0. The number of nitrogens with one attached hydrogen (secondary N) is 1. The van der Waals surface area contributed by atoms with Crippen LogP contribution in [0.2, 0.25) is 0 Å². The quantitative estimate of drug-likeness (QED) is 0.839. The molecule has 0 fully saturated rings. The van der Waals surface area contributed by atoms with E-state index in [2.05, 4.69) is 20.3 Å². The Morgan fingerprint density at radius 1 is 1.28 bits per heavy atom. The zero-order valence-corrected chi connectivity index (χ0v) is 11.9. The highest BCUT2D eigenvalue weighted by Gasteiger charge is 2.08. The van der Waals surface area contributed by atoms with Crippen molar-refractivity contribution >= 4 is 39.6 Å². The van der Waals surface area contributed by atoms with Gasteiger partial charge in [0.2, 0.25) is 5.95 Å². The molecule has 0 amide bonds. The van der Waals surface area contributed by atoms with E-state index < -0.39 is 0 Å². The maximum absolute atomic E-state index is 5.57. The molecule has 0 aromatic carbocycles. The first kappa shape index (κ1) is 12.8. The van der Waals surface area contributed by atoms with Crippen LogP contribution in [-0.2, 0) is 0 Å². The number of aromatic nitrogens is 3. The number of thiazole rings is 1. The first-order valence-electron chi connectivity index (χ1n) is 5.32. The summed E-state index contributed by atoms with van der Waals surface area (Å²) in [5.41, 5.74) is 7.94. The second kappa shape index (κ2) is 4.95. The maximum atomic E-state index is 5.57. The van der Waals surface area contributed by atoms with Crippen molar-refractivity contribution in [3.63, 3.8) is 0 Å². The average Bonchev–Trinajstić information content (AvgIpc) is 2.56. The topological polar surface area (TPSA) is 76.7 Å². The largest absolute Gasteiger partial charge is 0.388 e. The predicted molar refractivity (Wildman–Crippen MR) is 77.5 cm³/mol. The molecule has 0 bridgehead atoms. The predicted octanol–water partition coefficient (Wildman–Crippen LogP) is 2.24. The molecule has 0 aliphatic carbocycles. The normalized spacial score (nSPS) is 10.4. The van der Waals surface area contributed by atoms with E-state index in [1.54, 1.807) is 17.4 Å². The van der Waals surface area contributed by atoms with E-state index >= 15 is 0 Å².